The van der Waals surface area contributed by atoms with E-state index in [1.165, 1.54) is 30.4 Å². The fraction of sp³-hybridized carbons (Fsp3) is 0.680. The summed E-state index contributed by atoms with van der Waals surface area (Å²) in [5, 5.41) is 0. The van der Waals surface area contributed by atoms with Gasteiger partial charge in [0.25, 0.3) is 0 Å². The van der Waals surface area contributed by atoms with Gasteiger partial charge >= 0.3 is 0 Å². The molecule has 4 nitrogen and oxygen atoms in total. The summed E-state index contributed by atoms with van der Waals surface area (Å²) in [6.07, 6.45) is 10.3. The van der Waals surface area contributed by atoms with Gasteiger partial charge in [-0.05, 0) is 37.3 Å². The number of carbonyl (C=O) groups is 2. The van der Waals surface area contributed by atoms with Crippen molar-refractivity contribution in [2.75, 3.05) is 19.6 Å². The van der Waals surface area contributed by atoms with Gasteiger partial charge in [0, 0.05) is 19.5 Å². The van der Waals surface area contributed by atoms with Crippen LogP contribution in [0.1, 0.15) is 95.7 Å². The van der Waals surface area contributed by atoms with Crippen molar-refractivity contribution in [3.8, 4) is 0 Å². The van der Waals surface area contributed by atoms with Gasteiger partial charge < -0.3 is 9.80 Å². The predicted molar refractivity (Wildman–Crippen MR) is 120 cm³/mol. The Morgan fingerprint density at radius 2 is 1.69 bits per heavy atom. The fourth-order valence-corrected chi connectivity index (χ4v) is 4.25. The van der Waals surface area contributed by atoms with Gasteiger partial charge in [0.1, 0.15) is 0 Å². The van der Waals surface area contributed by atoms with Crippen LogP contribution in [-0.4, -0.2) is 41.2 Å². The Hall–Kier alpha value is -1.84. The molecular weight excluding hydrogens is 360 g/mol. The highest BCUT2D eigenvalue weighted by Crippen LogP contribution is 2.29. The zero-order chi connectivity index (χ0) is 21.1. The van der Waals surface area contributed by atoms with Crippen molar-refractivity contribution in [1.29, 1.82) is 0 Å². The Bertz CT molecular complexity index is 643. The van der Waals surface area contributed by atoms with Crippen molar-refractivity contribution in [2.45, 2.75) is 91.0 Å². The first-order valence-electron chi connectivity index (χ1n) is 11.7. The SMILES string of the molecule is CCCCCCCC(=O)N(CCCCC)CC(=O)N1CCc2ccccc2C1C. The van der Waals surface area contributed by atoms with Crippen LogP contribution in [-0.2, 0) is 16.0 Å². The van der Waals surface area contributed by atoms with E-state index in [0.717, 1.165) is 45.1 Å². The largest absolute Gasteiger partial charge is 0.334 e. The molecule has 2 rings (SSSR count). The highest BCUT2D eigenvalue weighted by atomic mass is 16.2. The van der Waals surface area contributed by atoms with Crippen molar-refractivity contribution >= 4 is 11.8 Å². The molecule has 0 bridgehead atoms. The van der Waals surface area contributed by atoms with Crippen LogP contribution in [0, 0.1) is 0 Å². The van der Waals surface area contributed by atoms with Gasteiger partial charge in [-0.1, -0.05) is 76.6 Å². The number of nitrogens with zero attached hydrogens (tertiary/aromatic N) is 2. The summed E-state index contributed by atoms with van der Waals surface area (Å²) in [6.45, 7) is 8.14. The molecule has 0 radical (unpaired) electrons. The number of carbonyl (C=O) groups excluding carboxylic acids is 2. The van der Waals surface area contributed by atoms with E-state index in [-0.39, 0.29) is 24.4 Å². The average Bonchev–Trinajstić information content (AvgIpc) is 2.73. The highest BCUT2D eigenvalue weighted by molar-refractivity contribution is 5.85. The molecule has 29 heavy (non-hydrogen) atoms. The molecule has 0 fully saturated rings. The second kappa shape index (κ2) is 12.7. The standard InChI is InChI=1S/C25H40N2O2/c1-4-6-8-9-10-16-24(28)26(18-13-7-5-2)20-25(29)27-19-17-22-14-11-12-15-23(22)21(27)3/h11-12,14-15,21H,4-10,13,16-20H2,1-3H3. The third-order valence-corrected chi connectivity index (χ3v) is 6.12. The number of hydrogen-bond donors (Lipinski definition) is 0. The van der Waals surface area contributed by atoms with Gasteiger partial charge in [-0.15, -0.1) is 0 Å². The van der Waals surface area contributed by atoms with E-state index in [2.05, 4.69) is 39.0 Å². The summed E-state index contributed by atoms with van der Waals surface area (Å²) >= 11 is 0. The first-order chi connectivity index (χ1) is 14.1. The van der Waals surface area contributed by atoms with Gasteiger partial charge in [-0.2, -0.15) is 0 Å². The summed E-state index contributed by atoms with van der Waals surface area (Å²) in [6, 6.07) is 8.47. The van der Waals surface area contributed by atoms with Crippen molar-refractivity contribution in [3.05, 3.63) is 35.4 Å². The molecule has 4 heteroatoms. The molecular formula is C25H40N2O2. The maximum atomic E-state index is 13.1. The molecule has 1 aliphatic heterocycles. The molecule has 0 aromatic heterocycles. The van der Waals surface area contributed by atoms with Gasteiger partial charge in [0.05, 0.1) is 12.6 Å². The number of amides is 2. The number of unbranched alkanes of at least 4 members (excludes halogenated alkanes) is 6. The molecule has 1 heterocycles. The minimum atomic E-state index is 0.0779. The van der Waals surface area contributed by atoms with Crippen LogP contribution >= 0.6 is 0 Å². The monoisotopic (exact) mass is 400 g/mol. The van der Waals surface area contributed by atoms with Crippen LogP contribution in [0.4, 0.5) is 0 Å². The van der Waals surface area contributed by atoms with E-state index in [0.29, 0.717) is 13.0 Å². The minimum Gasteiger partial charge on any atom is -0.334 e. The van der Waals surface area contributed by atoms with Crippen molar-refractivity contribution in [1.82, 2.24) is 9.80 Å². The molecule has 0 spiro atoms. The second-order valence-electron chi connectivity index (χ2n) is 8.40. The molecule has 1 unspecified atom stereocenters. The quantitative estimate of drug-likeness (QED) is 0.434. The Labute approximate surface area is 177 Å². The van der Waals surface area contributed by atoms with E-state index in [4.69, 9.17) is 0 Å². The van der Waals surface area contributed by atoms with Crippen LogP contribution in [0.3, 0.4) is 0 Å². The van der Waals surface area contributed by atoms with E-state index in [9.17, 15) is 9.59 Å². The van der Waals surface area contributed by atoms with Gasteiger partial charge in [-0.25, -0.2) is 0 Å². The summed E-state index contributed by atoms with van der Waals surface area (Å²) in [5.41, 5.74) is 2.58. The molecule has 1 aliphatic rings. The Morgan fingerprint density at radius 1 is 1.00 bits per heavy atom. The fourth-order valence-electron chi connectivity index (χ4n) is 4.25. The number of hydrogen-bond acceptors (Lipinski definition) is 2. The molecule has 1 aromatic rings. The smallest absolute Gasteiger partial charge is 0.242 e. The lowest BCUT2D eigenvalue weighted by Crippen LogP contribution is -2.46. The Kier molecular flexibility index (Phi) is 10.2. The molecule has 0 aliphatic carbocycles. The lowest BCUT2D eigenvalue weighted by Gasteiger charge is -2.36. The molecule has 2 amide bonds. The van der Waals surface area contributed by atoms with Crippen LogP contribution in [0.5, 0.6) is 0 Å². The Morgan fingerprint density at radius 3 is 2.45 bits per heavy atom. The summed E-state index contributed by atoms with van der Waals surface area (Å²) in [4.78, 5) is 29.7. The first-order valence-corrected chi connectivity index (χ1v) is 11.7. The second-order valence-corrected chi connectivity index (χ2v) is 8.40. The van der Waals surface area contributed by atoms with E-state index in [1.807, 2.05) is 15.9 Å². The average molecular weight is 401 g/mol. The normalized spacial score (nSPS) is 15.8. The first kappa shape index (κ1) is 23.4. The lowest BCUT2D eigenvalue weighted by molar-refractivity contribution is -0.142. The van der Waals surface area contributed by atoms with Crippen LogP contribution < -0.4 is 0 Å². The van der Waals surface area contributed by atoms with Crippen molar-refractivity contribution in [3.63, 3.8) is 0 Å². The number of benzene rings is 1. The molecule has 0 N–H and O–H groups in total. The minimum absolute atomic E-state index is 0.0779. The molecule has 1 atom stereocenters. The van der Waals surface area contributed by atoms with E-state index >= 15 is 0 Å². The van der Waals surface area contributed by atoms with Crippen LogP contribution in [0.2, 0.25) is 0 Å². The van der Waals surface area contributed by atoms with Crippen molar-refractivity contribution < 1.29 is 9.59 Å². The maximum Gasteiger partial charge on any atom is 0.242 e. The highest BCUT2D eigenvalue weighted by Gasteiger charge is 2.29. The zero-order valence-corrected chi connectivity index (χ0v) is 18.8. The number of rotatable bonds is 12. The molecule has 1 aromatic carbocycles. The van der Waals surface area contributed by atoms with Gasteiger partial charge in [-0.3, -0.25) is 9.59 Å². The Balaban J connectivity index is 1.94. The van der Waals surface area contributed by atoms with Crippen molar-refractivity contribution in [2.24, 2.45) is 0 Å². The summed E-state index contributed by atoms with van der Waals surface area (Å²) in [5.74, 6) is 0.235. The molecule has 0 saturated carbocycles. The van der Waals surface area contributed by atoms with Gasteiger partial charge in [0.2, 0.25) is 11.8 Å². The third-order valence-electron chi connectivity index (χ3n) is 6.12. The van der Waals surface area contributed by atoms with E-state index < -0.39 is 0 Å². The lowest BCUT2D eigenvalue weighted by atomic mass is 9.93. The summed E-state index contributed by atoms with van der Waals surface area (Å²) in [7, 11) is 0. The zero-order valence-electron chi connectivity index (χ0n) is 18.8. The van der Waals surface area contributed by atoms with Crippen LogP contribution in [0.25, 0.3) is 0 Å². The number of fused-ring (bicyclic) bond motifs is 1. The van der Waals surface area contributed by atoms with Crippen LogP contribution in [0.15, 0.2) is 24.3 Å². The van der Waals surface area contributed by atoms with Gasteiger partial charge in [0.15, 0.2) is 0 Å². The molecule has 0 saturated heterocycles. The predicted octanol–water partition coefficient (Wildman–Crippen LogP) is 5.51. The van der Waals surface area contributed by atoms with E-state index in [1.54, 1.807) is 0 Å². The topological polar surface area (TPSA) is 40.6 Å². The summed E-state index contributed by atoms with van der Waals surface area (Å²) < 4.78 is 0. The maximum absolute atomic E-state index is 13.1. The molecule has 162 valence electrons. The third kappa shape index (κ3) is 7.17.